The molecule has 82 valence electrons. The van der Waals surface area contributed by atoms with Crippen molar-refractivity contribution in [1.29, 1.82) is 0 Å². The van der Waals surface area contributed by atoms with Gasteiger partial charge in [0.2, 0.25) is 0 Å². The second-order valence-electron chi connectivity index (χ2n) is 3.62. The first kappa shape index (κ1) is 12.1. The van der Waals surface area contributed by atoms with Crippen LogP contribution < -0.4 is 0 Å². The molecule has 2 atom stereocenters. The minimum atomic E-state index is -0.369. The fraction of sp³-hybridized carbons (Fsp3) is 0.500. The number of aromatic nitrogens is 1. The van der Waals surface area contributed by atoms with Crippen LogP contribution in [0.15, 0.2) is 12.3 Å². The lowest BCUT2D eigenvalue weighted by Crippen LogP contribution is -2.07. The van der Waals surface area contributed by atoms with Crippen LogP contribution in [0.4, 0.5) is 5.69 Å². The Morgan fingerprint density at radius 2 is 2.13 bits per heavy atom. The summed E-state index contributed by atoms with van der Waals surface area (Å²) in [5.41, 5.74) is 1.48. The van der Waals surface area contributed by atoms with Crippen LogP contribution in [-0.2, 0) is 0 Å². The van der Waals surface area contributed by atoms with E-state index in [1.54, 1.807) is 19.2 Å². The van der Waals surface area contributed by atoms with E-state index in [4.69, 9.17) is 0 Å². The predicted octanol–water partition coefficient (Wildman–Crippen LogP) is 3.19. The summed E-state index contributed by atoms with van der Waals surface area (Å²) >= 11 is 3.45. The van der Waals surface area contributed by atoms with E-state index < -0.39 is 0 Å². The summed E-state index contributed by atoms with van der Waals surface area (Å²) in [5.74, 6) is 0.157. The summed E-state index contributed by atoms with van der Waals surface area (Å²) in [6, 6.07) is 1.55. The van der Waals surface area contributed by atoms with Crippen molar-refractivity contribution < 1.29 is 4.92 Å². The molecule has 0 radical (unpaired) electrons. The molecule has 0 spiro atoms. The summed E-state index contributed by atoms with van der Waals surface area (Å²) in [7, 11) is 0. The number of hydrogen-bond donors (Lipinski definition) is 0. The van der Waals surface area contributed by atoms with Gasteiger partial charge in [-0.25, -0.2) is 0 Å². The SMILES string of the molecule is Cc1cnc(C(C)C(C)Br)cc1[N+](=O)[O-]. The molecule has 1 aromatic rings. The molecule has 0 aromatic carbocycles. The molecule has 15 heavy (non-hydrogen) atoms. The molecule has 5 heteroatoms. The minimum Gasteiger partial charge on any atom is -0.260 e. The van der Waals surface area contributed by atoms with Crippen LogP contribution in [0.5, 0.6) is 0 Å². The van der Waals surface area contributed by atoms with Gasteiger partial charge in [-0.1, -0.05) is 29.8 Å². The molecule has 1 heterocycles. The normalized spacial score (nSPS) is 14.7. The summed E-state index contributed by atoms with van der Waals surface area (Å²) in [6.45, 7) is 5.68. The van der Waals surface area contributed by atoms with Crippen LogP contribution in [-0.4, -0.2) is 14.7 Å². The quantitative estimate of drug-likeness (QED) is 0.482. The second-order valence-corrected chi connectivity index (χ2v) is 5.06. The standard InChI is InChI=1S/C10H13BrN2O2/c1-6-5-12-9(7(2)8(3)11)4-10(6)13(14)15/h4-5,7-8H,1-3H3. The number of hydrogen-bond acceptors (Lipinski definition) is 3. The lowest BCUT2D eigenvalue weighted by Gasteiger charge is -2.13. The summed E-state index contributed by atoms with van der Waals surface area (Å²) in [5, 5.41) is 10.7. The molecular weight excluding hydrogens is 260 g/mol. The molecule has 0 saturated carbocycles. The van der Waals surface area contributed by atoms with Gasteiger partial charge in [0.1, 0.15) is 0 Å². The Kier molecular flexibility index (Phi) is 3.79. The monoisotopic (exact) mass is 272 g/mol. The molecule has 0 aliphatic heterocycles. The maximum atomic E-state index is 10.7. The van der Waals surface area contributed by atoms with E-state index >= 15 is 0 Å². The van der Waals surface area contributed by atoms with E-state index in [1.807, 2.05) is 13.8 Å². The highest BCUT2D eigenvalue weighted by Crippen LogP contribution is 2.26. The maximum Gasteiger partial charge on any atom is 0.275 e. The van der Waals surface area contributed by atoms with E-state index in [0.717, 1.165) is 5.69 Å². The Hall–Kier alpha value is -0.970. The third-order valence-corrected chi connectivity index (χ3v) is 3.24. The first-order chi connectivity index (χ1) is 6.93. The van der Waals surface area contributed by atoms with Crippen LogP contribution in [0, 0.1) is 17.0 Å². The predicted molar refractivity (Wildman–Crippen MR) is 62.4 cm³/mol. The van der Waals surface area contributed by atoms with Gasteiger partial charge < -0.3 is 0 Å². The van der Waals surface area contributed by atoms with Crippen molar-refractivity contribution in [1.82, 2.24) is 4.98 Å². The number of halogens is 1. The van der Waals surface area contributed by atoms with Crippen molar-refractivity contribution in [2.75, 3.05) is 0 Å². The average Bonchev–Trinajstić information content (AvgIpc) is 2.16. The molecule has 0 N–H and O–H groups in total. The molecule has 0 saturated heterocycles. The van der Waals surface area contributed by atoms with Crippen molar-refractivity contribution in [2.45, 2.75) is 31.5 Å². The van der Waals surface area contributed by atoms with Crippen molar-refractivity contribution in [3.8, 4) is 0 Å². The number of aryl methyl sites for hydroxylation is 1. The van der Waals surface area contributed by atoms with Gasteiger partial charge in [-0.05, 0) is 6.92 Å². The fourth-order valence-electron chi connectivity index (χ4n) is 1.21. The smallest absolute Gasteiger partial charge is 0.260 e. The molecule has 0 amide bonds. The van der Waals surface area contributed by atoms with Crippen LogP contribution in [0.2, 0.25) is 0 Å². The molecular formula is C10H13BrN2O2. The first-order valence-corrected chi connectivity index (χ1v) is 5.60. The van der Waals surface area contributed by atoms with Crippen molar-refractivity contribution in [3.05, 3.63) is 33.6 Å². The fourth-order valence-corrected chi connectivity index (χ4v) is 1.48. The number of nitrogens with zero attached hydrogens (tertiary/aromatic N) is 2. The topological polar surface area (TPSA) is 56.0 Å². The van der Waals surface area contributed by atoms with Crippen LogP contribution >= 0.6 is 15.9 Å². The van der Waals surface area contributed by atoms with E-state index in [9.17, 15) is 10.1 Å². The zero-order valence-electron chi connectivity index (χ0n) is 8.90. The van der Waals surface area contributed by atoms with Gasteiger partial charge in [-0.2, -0.15) is 0 Å². The molecule has 1 rings (SSSR count). The molecule has 0 bridgehead atoms. The minimum absolute atomic E-state index is 0.139. The number of alkyl halides is 1. The van der Waals surface area contributed by atoms with Crippen molar-refractivity contribution in [3.63, 3.8) is 0 Å². The number of rotatable bonds is 3. The lowest BCUT2D eigenvalue weighted by molar-refractivity contribution is -0.385. The van der Waals surface area contributed by atoms with Crippen LogP contribution in [0.25, 0.3) is 0 Å². The second kappa shape index (κ2) is 4.70. The van der Waals surface area contributed by atoms with Gasteiger partial charge in [-0.15, -0.1) is 0 Å². The Morgan fingerprint density at radius 1 is 1.53 bits per heavy atom. The molecule has 0 fully saturated rings. The van der Waals surface area contributed by atoms with E-state index in [0.29, 0.717) is 5.56 Å². The average molecular weight is 273 g/mol. The summed E-state index contributed by atoms with van der Waals surface area (Å²) in [6.07, 6.45) is 1.55. The third kappa shape index (κ3) is 2.75. The van der Waals surface area contributed by atoms with Crippen LogP contribution in [0.1, 0.15) is 31.0 Å². The van der Waals surface area contributed by atoms with Crippen molar-refractivity contribution in [2.24, 2.45) is 0 Å². The summed E-state index contributed by atoms with van der Waals surface area (Å²) < 4.78 is 0. The van der Waals surface area contributed by atoms with Gasteiger partial charge >= 0.3 is 0 Å². The van der Waals surface area contributed by atoms with Gasteiger partial charge in [0.15, 0.2) is 0 Å². The van der Waals surface area contributed by atoms with E-state index in [-0.39, 0.29) is 21.4 Å². The molecule has 0 aliphatic carbocycles. The van der Waals surface area contributed by atoms with Gasteiger partial charge in [0.25, 0.3) is 5.69 Å². The van der Waals surface area contributed by atoms with Crippen molar-refractivity contribution >= 4 is 21.6 Å². The Morgan fingerprint density at radius 3 is 2.60 bits per heavy atom. The van der Waals surface area contributed by atoms with Gasteiger partial charge in [0, 0.05) is 28.6 Å². The maximum absolute atomic E-state index is 10.7. The van der Waals surface area contributed by atoms with Crippen LogP contribution in [0.3, 0.4) is 0 Å². The Balaban J connectivity index is 3.13. The zero-order valence-corrected chi connectivity index (χ0v) is 10.5. The highest BCUT2D eigenvalue weighted by molar-refractivity contribution is 9.09. The largest absolute Gasteiger partial charge is 0.275 e. The highest BCUT2D eigenvalue weighted by atomic mass is 79.9. The third-order valence-electron chi connectivity index (χ3n) is 2.45. The zero-order chi connectivity index (χ0) is 11.6. The molecule has 2 unspecified atom stereocenters. The molecule has 4 nitrogen and oxygen atoms in total. The highest BCUT2D eigenvalue weighted by Gasteiger charge is 2.18. The lowest BCUT2D eigenvalue weighted by atomic mass is 10.0. The Labute approximate surface area is 97.0 Å². The summed E-state index contributed by atoms with van der Waals surface area (Å²) in [4.78, 5) is 14.8. The molecule has 0 aliphatic rings. The van der Waals surface area contributed by atoms with Gasteiger partial charge in [0.05, 0.1) is 10.6 Å². The van der Waals surface area contributed by atoms with Gasteiger partial charge in [-0.3, -0.25) is 15.1 Å². The van der Waals surface area contributed by atoms with E-state index in [1.165, 1.54) is 0 Å². The molecule has 1 aromatic heterocycles. The Bertz CT molecular complexity index is 380. The number of pyridine rings is 1. The first-order valence-electron chi connectivity index (χ1n) is 4.68. The van der Waals surface area contributed by atoms with E-state index in [2.05, 4.69) is 20.9 Å². The number of nitro groups is 1.